The number of carbonyl (C=O) groups excluding carboxylic acids is 2. The van der Waals surface area contributed by atoms with E-state index >= 15 is 0 Å². The number of carbonyl (C=O) groups is 2. The Balaban J connectivity index is 2.68. The number of benzene rings is 1. The zero-order valence-corrected chi connectivity index (χ0v) is 14.1. The van der Waals surface area contributed by atoms with Gasteiger partial charge in [-0.2, -0.15) is 0 Å². The summed E-state index contributed by atoms with van der Waals surface area (Å²) >= 11 is 0. The molecule has 0 saturated carbocycles. The lowest BCUT2D eigenvalue weighted by Gasteiger charge is -2.15. The van der Waals surface area contributed by atoms with Gasteiger partial charge in [-0.15, -0.1) is 0 Å². The molecule has 0 radical (unpaired) electrons. The van der Waals surface area contributed by atoms with Crippen LogP contribution < -0.4 is 20.5 Å². The number of likely N-dealkylation sites (N-methyl/N-ethyl adjacent to an activating group) is 1. The van der Waals surface area contributed by atoms with E-state index in [1.165, 1.54) is 12.0 Å². The number of ether oxygens (including phenoxy) is 2. The average Bonchev–Trinajstić information content (AvgIpc) is 2.56. The molecule has 1 unspecified atom stereocenters. The van der Waals surface area contributed by atoms with Gasteiger partial charge in [0, 0.05) is 33.1 Å². The van der Waals surface area contributed by atoms with Gasteiger partial charge in [0.15, 0.2) is 18.1 Å². The van der Waals surface area contributed by atoms with Crippen LogP contribution in [0, 0.1) is 5.92 Å². The van der Waals surface area contributed by atoms with Crippen molar-refractivity contribution in [2.45, 2.75) is 13.5 Å². The SMILES string of the molecule is COc1cc(CNC(=O)C(C)CN)ccc1OCC(=O)N(C)C. The molecule has 0 aliphatic rings. The molecule has 1 aromatic carbocycles. The molecule has 2 amide bonds. The Bertz CT molecular complexity index is 546. The van der Waals surface area contributed by atoms with Crippen LogP contribution in [0.15, 0.2) is 18.2 Å². The first-order chi connectivity index (χ1) is 10.9. The molecule has 3 N–H and O–H groups in total. The fourth-order valence-electron chi connectivity index (χ4n) is 1.68. The standard InChI is InChI=1S/C16H25N3O4/c1-11(8-17)16(21)18-9-12-5-6-13(14(7-12)22-4)23-10-15(20)19(2)3/h5-7,11H,8-10,17H2,1-4H3,(H,18,21). The maximum absolute atomic E-state index is 11.7. The van der Waals surface area contributed by atoms with E-state index < -0.39 is 0 Å². The maximum atomic E-state index is 11.7. The number of nitrogens with one attached hydrogen (secondary N) is 1. The maximum Gasteiger partial charge on any atom is 0.259 e. The van der Waals surface area contributed by atoms with Gasteiger partial charge in [-0.1, -0.05) is 13.0 Å². The molecule has 1 atom stereocenters. The summed E-state index contributed by atoms with van der Waals surface area (Å²) in [5.74, 6) is 0.530. The molecule has 23 heavy (non-hydrogen) atoms. The largest absolute Gasteiger partial charge is 0.493 e. The van der Waals surface area contributed by atoms with Crippen molar-refractivity contribution in [3.8, 4) is 11.5 Å². The number of nitrogens with two attached hydrogens (primary N) is 1. The first kappa shape index (κ1) is 18.8. The van der Waals surface area contributed by atoms with Crippen LogP contribution in [0.25, 0.3) is 0 Å². The van der Waals surface area contributed by atoms with Crippen molar-refractivity contribution in [3.05, 3.63) is 23.8 Å². The summed E-state index contributed by atoms with van der Waals surface area (Å²) in [5.41, 5.74) is 6.32. The second-order valence-electron chi connectivity index (χ2n) is 5.42. The van der Waals surface area contributed by atoms with Crippen molar-refractivity contribution < 1.29 is 19.1 Å². The predicted molar refractivity (Wildman–Crippen MR) is 87.2 cm³/mol. The van der Waals surface area contributed by atoms with E-state index in [0.29, 0.717) is 24.6 Å². The molecule has 0 saturated heterocycles. The molecule has 128 valence electrons. The Morgan fingerprint density at radius 1 is 1.30 bits per heavy atom. The third-order valence-corrected chi connectivity index (χ3v) is 3.35. The van der Waals surface area contributed by atoms with Crippen LogP contribution in [0.3, 0.4) is 0 Å². The summed E-state index contributed by atoms with van der Waals surface area (Å²) in [6.45, 7) is 2.39. The summed E-state index contributed by atoms with van der Waals surface area (Å²) in [4.78, 5) is 24.7. The molecule has 0 aromatic heterocycles. The topological polar surface area (TPSA) is 93.9 Å². The Kier molecular flexibility index (Phi) is 7.34. The van der Waals surface area contributed by atoms with Gasteiger partial charge < -0.3 is 25.4 Å². The smallest absolute Gasteiger partial charge is 0.259 e. The average molecular weight is 323 g/mol. The highest BCUT2D eigenvalue weighted by Crippen LogP contribution is 2.28. The first-order valence-electron chi connectivity index (χ1n) is 7.36. The fourth-order valence-corrected chi connectivity index (χ4v) is 1.68. The van der Waals surface area contributed by atoms with E-state index in [1.54, 1.807) is 33.2 Å². The molecule has 7 heteroatoms. The Labute approximate surface area is 136 Å². The van der Waals surface area contributed by atoms with Crippen LogP contribution in [0.1, 0.15) is 12.5 Å². The first-order valence-corrected chi connectivity index (χ1v) is 7.36. The van der Waals surface area contributed by atoms with E-state index in [9.17, 15) is 9.59 Å². The zero-order valence-electron chi connectivity index (χ0n) is 14.1. The van der Waals surface area contributed by atoms with Crippen molar-refractivity contribution in [2.24, 2.45) is 11.7 Å². The highest BCUT2D eigenvalue weighted by Gasteiger charge is 2.12. The summed E-state index contributed by atoms with van der Waals surface area (Å²) in [5, 5.41) is 2.81. The third kappa shape index (κ3) is 5.78. The third-order valence-electron chi connectivity index (χ3n) is 3.35. The summed E-state index contributed by atoms with van der Waals surface area (Å²) < 4.78 is 10.7. The van der Waals surface area contributed by atoms with Gasteiger partial charge in [0.05, 0.1) is 7.11 Å². The van der Waals surface area contributed by atoms with Gasteiger partial charge in [-0.25, -0.2) is 0 Å². The van der Waals surface area contributed by atoms with Crippen molar-refractivity contribution in [2.75, 3.05) is 34.4 Å². The number of hydrogen-bond donors (Lipinski definition) is 2. The molecule has 0 aliphatic carbocycles. The van der Waals surface area contributed by atoms with Crippen LogP contribution in [-0.2, 0) is 16.1 Å². The molecule has 0 spiro atoms. The van der Waals surface area contributed by atoms with Crippen molar-refractivity contribution in [1.29, 1.82) is 0 Å². The van der Waals surface area contributed by atoms with Crippen LogP contribution in [0.5, 0.6) is 11.5 Å². The Morgan fingerprint density at radius 2 is 2.00 bits per heavy atom. The number of methoxy groups -OCH3 is 1. The molecular weight excluding hydrogens is 298 g/mol. The molecule has 0 heterocycles. The van der Waals surface area contributed by atoms with Gasteiger partial charge in [-0.05, 0) is 17.7 Å². The second-order valence-corrected chi connectivity index (χ2v) is 5.42. The van der Waals surface area contributed by atoms with Gasteiger partial charge in [-0.3, -0.25) is 9.59 Å². The van der Waals surface area contributed by atoms with Gasteiger partial charge in [0.25, 0.3) is 5.91 Å². The molecule has 1 rings (SSSR count). The van der Waals surface area contributed by atoms with Crippen LogP contribution in [0.2, 0.25) is 0 Å². The quantitative estimate of drug-likeness (QED) is 0.721. The summed E-state index contributed by atoms with van der Waals surface area (Å²) in [7, 11) is 4.85. The normalized spacial score (nSPS) is 11.5. The summed E-state index contributed by atoms with van der Waals surface area (Å²) in [6, 6.07) is 5.30. The molecule has 7 nitrogen and oxygen atoms in total. The van der Waals surface area contributed by atoms with E-state index in [2.05, 4.69) is 5.32 Å². The van der Waals surface area contributed by atoms with Crippen molar-refractivity contribution >= 4 is 11.8 Å². The number of nitrogens with zero attached hydrogens (tertiary/aromatic N) is 1. The van der Waals surface area contributed by atoms with Crippen molar-refractivity contribution in [1.82, 2.24) is 10.2 Å². The minimum absolute atomic E-state index is 0.0620. The highest BCUT2D eigenvalue weighted by atomic mass is 16.5. The highest BCUT2D eigenvalue weighted by molar-refractivity contribution is 5.78. The zero-order chi connectivity index (χ0) is 17.4. The van der Waals surface area contributed by atoms with E-state index in [0.717, 1.165) is 5.56 Å². The molecule has 0 fully saturated rings. The van der Waals surface area contributed by atoms with Gasteiger partial charge in [0.1, 0.15) is 0 Å². The monoisotopic (exact) mass is 323 g/mol. The fraction of sp³-hybridized carbons (Fsp3) is 0.500. The minimum Gasteiger partial charge on any atom is -0.493 e. The lowest BCUT2D eigenvalue weighted by Crippen LogP contribution is -2.32. The van der Waals surface area contributed by atoms with Crippen molar-refractivity contribution in [3.63, 3.8) is 0 Å². The minimum atomic E-state index is -0.225. The molecule has 1 aromatic rings. The number of rotatable bonds is 8. The Hall–Kier alpha value is -2.28. The van der Waals surface area contributed by atoms with Gasteiger partial charge in [0.2, 0.25) is 5.91 Å². The van der Waals surface area contributed by atoms with E-state index in [4.69, 9.17) is 15.2 Å². The number of hydrogen-bond acceptors (Lipinski definition) is 5. The van der Waals surface area contributed by atoms with Crippen LogP contribution >= 0.6 is 0 Å². The molecule has 0 bridgehead atoms. The predicted octanol–water partition coefficient (Wildman–Crippen LogP) is 0.373. The van der Waals surface area contributed by atoms with Crippen LogP contribution in [0.4, 0.5) is 0 Å². The lowest BCUT2D eigenvalue weighted by atomic mass is 10.1. The molecule has 0 aliphatic heterocycles. The summed E-state index contributed by atoms with van der Waals surface area (Å²) in [6.07, 6.45) is 0. The molecular formula is C16H25N3O4. The number of amides is 2. The van der Waals surface area contributed by atoms with E-state index in [1.807, 2.05) is 6.07 Å². The second kappa shape index (κ2) is 8.99. The lowest BCUT2D eigenvalue weighted by molar-refractivity contribution is -0.130. The Morgan fingerprint density at radius 3 is 2.57 bits per heavy atom. The van der Waals surface area contributed by atoms with Gasteiger partial charge >= 0.3 is 0 Å². The van der Waals surface area contributed by atoms with E-state index in [-0.39, 0.29) is 24.3 Å². The van der Waals surface area contributed by atoms with Crippen LogP contribution in [-0.4, -0.2) is 51.1 Å².